The van der Waals surface area contributed by atoms with Crippen LogP contribution < -0.4 is 4.74 Å². The minimum atomic E-state index is -4.73. The average molecular weight is 308 g/mol. The Hall–Kier alpha value is -2.30. The molecule has 2 rings (SSSR count). The monoisotopic (exact) mass is 308 g/mol. The number of Topliss-reactive ketones (excluding diaryl/α,β-unsaturated/α-hetero) is 1. The van der Waals surface area contributed by atoms with Crippen molar-refractivity contribution in [2.24, 2.45) is 0 Å². The molecular weight excluding hydrogens is 293 g/mol. The fourth-order valence-electron chi connectivity index (χ4n) is 2.11. The maximum atomic E-state index is 12.1. The highest BCUT2D eigenvalue weighted by Crippen LogP contribution is 2.23. The fourth-order valence-corrected chi connectivity index (χ4v) is 2.11. The van der Waals surface area contributed by atoms with Gasteiger partial charge >= 0.3 is 6.36 Å². The lowest BCUT2D eigenvalue weighted by Gasteiger charge is -2.09. The maximum Gasteiger partial charge on any atom is 0.573 e. The van der Waals surface area contributed by atoms with Gasteiger partial charge in [-0.05, 0) is 43.2 Å². The molecule has 0 radical (unpaired) electrons. The van der Waals surface area contributed by atoms with Gasteiger partial charge in [-0.25, -0.2) is 0 Å². The molecule has 0 aliphatic carbocycles. The van der Waals surface area contributed by atoms with Gasteiger partial charge in [0.15, 0.2) is 5.78 Å². The summed E-state index contributed by atoms with van der Waals surface area (Å²) in [7, 11) is 0. The number of aryl methyl sites for hydroxylation is 2. The van der Waals surface area contributed by atoms with Crippen molar-refractivity contribution in [3.05, 3.63) is 65.2 Å². The van der Waals surface area contributed by atoms with Crippen LogP contribution in [0.3, 0.4) is 0 Å². The maximum absolute atomic E-state index is 12.1. The molecule has 0 aliphatic rings. The molecule has 0 N–H and O–H groups in total. The summed E-state index contributed by atoms with van der Waals surface area (Å²) in [5.74, 6) is -0.442. The van der Waals surface area contributed by atoms with Gasteiger partial charge in [-0.15, -0.1) is 13.2 Å². The number of carbonyl (C=O) groups excluding carboxylic acids is 1. The van der Waals surface area contributed by atoms with Crippen LogP contribution in [0.1, 0.15) is 27.9 Å². The zero-order valence-electron chi connectivity index (χ0n) is 12.0. The highest BCUT2D eigenvalue weighted by molar-refractivity contribution is 5.96. The lowest BCUT2D eigenvalue weighted by atomic mass is 10.0. The van der Waals surface area contributed by atoms with E-state index in [-0.39, 0.29) is 11.5 Å². The molecule has 0 aliphatic heterocycles. The largest absolute Gasteiger partial charge is 0.573 e. The summed E-state index contributed by atoms with van der Waals surface area (Å²) in [6, 6.07) is 12.8. The molecule has 0 unspecified atom stereocenters. The van der Waals surface area contributed by atoms with Crippen molar-refractivity contribution < 1.29 is 22.7 Å². The first-order chi connectivity index (χ1) is 10.3. The van der Waals surface area contributed by atoms with Crippen LogP contribution >= 0.6 is 0 Å². The number of ketones is 1. The zero-order chi connectivity index (χ0) is 16.2. The SMILES string of the molecule is Cc1cccc(CCC(=O)c2ccc(OC(F)(F)F)cc2)c1. The third-order valence-electron chi connectivity index (χ3n) is 3.13. The van der Waals surface area contributed by atoms with Gasteiger partial charge < -0.3 is 4.74 Å². The smallest absolute Gasteiger partial charge is 0.406 e. The van der Waals surface area contributed by atoms with E-state index in [1.165, 1.54) is 12.1 Å². The highest BCUT2D eigenvalue weighted by Gasteiger charge is 2.31. The lowest BCUT2D eigenvalue weighted by molar-refractivity contribution is -0.274. The van der Waals surface area contributed by atoms with Crippen LogP contribution in [0.2, 0.25) is 0 Å². The summed E-state index contributed by atoms with van der Waals surface area (Å²) >= 11 is 0. The van der Waals surface area contributed by atoms with Gasteiger partial charge in [-0.1, -0.05) is 29.8 Å². The minimum absolute atomic E-state index is 0.111. The van der Waals surface area contributed by atoms with Crippen molar-refractivity contribution in [3.8, 4) is 5.75 Å². The van der Waals surface area contributed by atoms with Crippen molar-refractivity contribution >= 4 is 5.78 Å². The summed E-state index contributed by atoms with van der Waals surface area (Å²) in [5.41, 5.74) is 2.56. The van der Waals surface area contributed by atoms with Crippen LogP contribution in [0.25, 0.3) is 0 Å². The number of halogens is 3. The Morgan fingerprint density at radius 2 is 1.77 bits per heavy atom. The molecule has 22 heavy (non-hydrogen) atoms. The summed E-state index contributed by atoms with van der Waals surface area (Å²) in [5, 5.41) is 0. The molecule has 0 bridgehead atoms. The molecule has 5 heteroatoms. The van der Waals surface area contributed by atoms with Crippen LogP contribution in [0, 0.1) is 6.92 Å². The fraction of sp³-hybridized carbons (Fsp3) is 0.235. The van der Waals surface area contributed by atoms with Crippen molar-refractivity contribution in [3.63, 3.8) is 0 Å². The van der Waals surface area contributed by atoms with Crippen LogP contribution in [0.5, 0.6) is 5.75 Å². The molecule has 0 saturated carbocycles. The number of alkyl halides is 3. The third-order valence-corrected chi connectivity index (χ3v) is 3.13. The lowest BCUT2D eigenvalue weighted by Crippen LogP contribution is -2.17. The van der Waals surface area contributed by atoms with E-state index in [1.54, 1.807) is 0 Å². The first-order valence-corrected chi connectivity index (χ1v) is 6.78. The van der Waals surface area contributed by atoms with Gasteiger partial charge in [-0.2, -0.15) is 0 Å². The van der Waals surface area contributed by atoms with E-state index in [4.69, 9.17) is 0 Å². The van der Waals surface area contributed by atoms with E-state index in [9.17, 15) is 18.0 Å². The molecule has 2 aromatic carbocycles. The second-order valence-corrected chi connectivity index (χ2v) is 4.98. The quantitative estimate of drug-likeness (QED) is 0.748. The van der Waals surface area contributed by atoms with E-state index >= 15 is 0 Å². The van der Waals surface area contributed by atoms with Gasteiger partial charge in [0.25, 0.3) is 0 Å². The minimum Gasteiger partial charge on any atom is -0.406 e. The van der Waals surface area contributed by atoms with Crippen molar-refractivity contribution in [2.75, 3.05) is 0 Å². The Kier molecular flexibility index (Phi) is 4.85. The molecule has 2 nitrogen and oxygen atoms in total. The third kappa shape index (κ3) is 4.91. The average Bonchev–Trinajstić information content (AvgIpc) is 2.44. The Balaban J connectivity index is 1.95. The second kappa shape index (κ2) is 6.64. The van der Waals surface area contributed by atoms with E-state index in [0.717, 1.165) is 23.3 Å². The highest BCUT2D eigenvalue weighted by atomic mass is 19.4. The molecule has 2 aromatic rings. The predicted octanol–water partition coefficient (Wildman–Crippen LogP) is 4.71. The van der Waals surface area contributed by atoms with Crippen molar-refractivity contribution in [1.29, 1.82) is 0 Å². The van der Waals surface area contributed by atoms with Gasteiger partial charge in [-0.3, -0.25) is 4.79 Å². The zero-order valence-corrected chi connectivity index (χ0v) is 12.0. The Bertz CT molecular complexity index is 646. The van der Waals surface area contributed by atoms with E-state index in [2.05, 4.69) is 4.74 Å². The van der Waals surface area contributed by atoms with Gasteiger partial charge in [0.2, 0.25) is 0 Å². The first kappa shape index (κ1) is 16.1. The van der Waals surface area contributed by atoms with E-state index < -0.39 is 6.36 Å². The topological polar surface area (TPSA) is 26.3 Å². The predicted molar refractivity (Wildman–Crippen MR) is 77.0 cm³/mol. The molecule has 0 amide bonds. The van der Waals surface area contributed by atoms with E-state index in [0.29, 0.717) is 18.4 Å². The second-order valence-electron chi connectivity index (χ2n) is 4.98. The van der Waals surface area contributed by atoms with Gasteiger partial charge in [0.1, 0.15) is 5.75 Å². The molecular formula is C17H15F3O2. The van der Waals surface area contributed by atoms with Crippen LogP contribution in [-0.4, -0.2) is 12.1 Å². The summed E-state index contributed by atoms with van der Waals surface area (Å²) in [6.07, 6.45) is -3.82. The number of rotatable bonds is 5. The first-order valence-electron chi connectivity index (χ1n) is 6.78. The van der Waals surface area contributed by atoms with Crippen molar-refractivity contribution in [1.82, 2.24) is 0 Å². The Morgan fingerprint density at radius 1 is 1.09 bits per heavy atom. The summed E-state index contributed by atoms with van der Waals surface area (Å²) < 4.78 is 39.9. The van der Waals surface area contributed by atoms with Crippen molar-refractivity contribution in [2.45, 2.75) is 26.1 Å². The van der Waals surface area contributed by atoms with Crippen LogP contribution in [-0.2, 0) is 6.42 Å². The molecule has 0 fully saturated rings. The molecule has 116 valence electrons. The van der Waals surface area contributed by atoms with Crippen LogP contribution in [0.15, 0.2) is 48.5 Å². The molecule has 0 heterocycles. The van der Waals surface area contributed by atoms with Gasteiger partial charge in [0.05, 0.1) is 0 Å². The molecule has 0 saturated heterocycles. The Morgan fingerprint density at radius 3 is 2.36 bits per heavy atom. The Labute approximate surface area is 126 Å². The normalized spacial score (nSPS) is 11.3. The van der Waals surface area contributed by atoms with E-state index in [1.807, 2.05) is 31.2 Å². The standard InChI is InChI=1S/C17H15F3O2/c1-12-3-2-4-13(11-12)5-10-16(21)14-6-8-15(9-7-14)22-17(18,19)20/h2-4,6-9,11H,5,10H2,1H3. The molecule has 0 aromatic heterocycles. The molecule has 0 atom stereocenters. The molecule has 0 spiro atoms. The number of benzene rings is 2. The van der Waals surface area contributed by atoms with Gasteiger partial charge in [0, 0.05) is 12.0 Å². The number of hydrogen-bond acceptors (Lipinski definition) is 2. The van der Waals surface area contributed by atoms with Crippen LogP contribution in [0.4, 0.5) is 13.2 Å². The number of ether oxygens (including phenoxy) is 1. The summed E-state index contributed by atoms with van der Waals surface area (Å²) in [4.78, 5) is 12.0. The number of carbonyl (C=O) groups is 1. The number of hydrogen-bond donors (Lipinski definition) is 0. The summed E-state index contributed by atoms with van der Waals surface area (Å²) in [6.45, 7) is 1.98.